The molecule has 1 aliphatic rings. The van der Waals surface area contributed by atoms with Crippen LogP contribution in [0, 0.1) is 12.7 Å². The van der Waals surface area contributed by atoms with Gasteiger partial charge >= 0.3 is 0 Å². The van der Waals surface area contributed by atoms with Crippen molar-refractivity contribution in [3.63, 3.8) is 0 Å². The Bertz CT molecular complexity index is 1140. The maximum absolute atomic E-state index is 14.3. The molecule has 0 unspecified atom stereocenters. The van der Waals surface area contributed by atoms with Gasteiger partial charge in [-0.25, -0.2) is 4.39 Å². The van der Waals surface area contributed by atoms with E-state index in [9.17, 15) is 14.3 Å². The van der Waals surface area contributed by atoms with Crippen molar-refractivity contribution in [3.8, 4) is 5.75 Å². The molecule has 0 bridgehead atoms. The number of hydrogen-bond acceptors (Lipinski definition) is 6. The largest absolute Gasteiger partial charge is 0.507 e. The fraction of sp³-hybridized carbons (Fsp3) is 0.360. The predicted octanol–water partition coefficient (Wildman–Crippen LogP) is 2.95. The summed E-state index contributed by atoms with van der Waals surface area (Å²) in [4.78, 5) is 22.0. The highest BCUT2D eigenvalue weighted by Crippen LogP contribution is 2.33. The summed E-state index contributed by atoms with van der Waals surface area (Å²) in [5, 5.41) is 10.9. The number of halogens is 1. The molecule has 8 heteroatoms. The third kappa shape index (κ3) is 4.77. The quantitative estimate of drug-likeness (QED) is 0.595. The lowest BCUT2D eigenvalue weighted by molar-refractivity contribution is 0.183. The topological polar surface area (TPSA) is 70.8 Å². The highest BCUT2D eigenvalue weighted by molar-refractivity contribution is 5.48. The van der Waals surface area contributed by atoms with Gasteiger partial charge in [-0.05, 0) is 36.8 Å². The third-order valence-electron chi connectivity index (χ3n) is 6.19. The van der Waals surface area contributed by atoms with E-state index in [0.29, 0.717) is 56.3 Å². The number of piperazine rings is 1. The molecule has 3 aromatic rings. The lowest BCUT2D eigenvalue weighted by Gasteiger charge is -2.40. The Morgan fingerprint density at radius 1 is 1.15 bits per heavy atom. The van der Waals surface area contributed by atoms with Crippen molar-refractivity contribution in [2.75, 3.05) is 44.8 Å². The number of hydrogen-bond donors (Lipinski definition) is 1. The molecule has 1 aliphatic heterocycles. The number of anilines is 1. The van der Waals surface area contributed by atoms with Gasteiger partial charge in [0.25, 0.3) is 5.56 Å². The van der Waals surface area contributed by atoms with E-state index < -0.39 is 6.04 Å². The minimum atomic E-state index is -0.469. The van der Waals surface area contributed by atoms with E-state index in [-0.39, 0.29) is 17.1 Å². The normalized spacial score (nSPS) is 15.5. The van der Waals surface area contributed by atoms with Crippen molar-refractivity contribution in [1.82, 2.24) is 14.5 Å². The predicted molar refractivity (Wildman–Crippen MR) is 125 cm³/mol. The highest BCUT2D eigenvalue weighted by atomic mass is 19.1. The summed E-state index contributed by atoms with van der Waals surface area (Å²) in [6.45, 7) is 4.98. The van der Waals surface area contributed by atoms with Gasteiger partial charge in [0, 0.05) is 57.9 Å². The number of rotatable bonds is 7. The smallest absolute Gasteiger partial charge is 0.259 e. The number of pyridine rings is 2. The van der Waals surface area contributed by atoms with Gasteiger partial charge in [-0.1, -0.05) is 18.2 Å². The Kier molecular flexibility index (Phi) is 7.05. The molecule has 0 radical (unpaired) electrons. The number of ether oxygens (including phenoxy) is 1. The first kappa shape index (κ1) is 22.9. The maximum Gasteiger partial charge on any atom is 0.259 e. The van der Waals surface area contributed by atoms with Crippen LogP contribution in [0.1, 0.15) is 22.9 Å². The Labute approximate surface area is 192 Å². The fourth-order valence-corrected chi connectivity index (χ4v) is 4.51. The molecule has 3 heterocycles. The molecule has 2 aromatic heterocycles. The first-order chi connectivity index (χ1) is 16.0. The molecule has 33 heavy (non-hydrogen) atoms. The second-order valence-electron chi connectivity index (χ2n) is 8.20. The standard InChI is InChI=1S/C25H29FN4O3/c1-18-16-22(31)23(25(32)30(18)14-15-33-2)24(19-6-5-9-27-17-19)29-12-10-28(11-13-29)21-8-4-3-7-20(21)26/h3-9,16-17,24,31H,10-15H2,1-2H3/t24-/m0/s1. The van der Waals surface area contributed by atoms with Crippen LogP contribution < -0.4 is 10.5 Å². The zero-order valence-electron chi connectivity index (χ0n) is 18.9. The molecule has 1 atom stereocenters. The van der Waals surface area contributed by atoms with E-state index in [1.54, 1.807) is 49.2 Å². The first-order valence-electron chi connectivity index (χ1n) is 11.1. The van der Waals surface area contributed by atoms with Gasteiger partial charge in [0.05, 0.1) is 23.9 Å². The van der Waals surface area contributed by atoms with E-state index in [2.05, 4.69) is 9.88 Å². The minimum absolute atomic E-state index is 0.0310. The van der Waals surface area contributed by atoms with Crippen LogP contribution >= 0.6 is 0 Å². The minimum Gasteiger partial charge on any atom is -0.507 e. The van der Waals surface area contributed by atoms with E-state index in [1.807, 2.05) is 23.1 Å². The summed E-state index contributed by atoms with van der Waals surface area (Å²) in [6.07, 6.45) is 3.41. The molecule has 0 amide bonds. The molecule has 0 spiro atoms. The second-order valence-corrected chi connectivity index (χ2v) is 8.20. The van der Waals surface area contributed by atoms with Crippen LogP contribution in [0.2, 0.25) is 0 Å². The zero-order chi connectivity index (χ0) is 23.4. The van der Waals surface area contributed by atoms with Gasteiger partial charge in [0.2, 0.25) is 0 Å². The zero-order valence-corrected chi connectivity index (χ0v) is 18.9. The molecular weight excluding hydrogens is 423 g/mol. The van der Waals surface area contributed by atoms with E-state index in [1.165, 1.54) is 6.07 Å². The number of aromatic nitrogens is 2. The van der Waals surface area contributed by atoms with Crippen molar-refractivity contribution in [2.45, 2.75) is 19.5 Å². The Balaban J connectivity index is 1.70. The van der Waals surface area contributed by atoms with Crippen molar-refractivity contribution in [2.24, 2.45) is 0 Å². The third-order valence-corrected chi connectivity index (χ3v) is 6.19. The van der Waals surface area contributed by atoms with Crippen LogP contribution in [0.4, 0.5) is 10.1 Å². The van der Waals surface area contributed by atoms with Gasteiger partial charge in [0.1, 0.15) is 11.6 Å². The summed E-state index contributed by atoms with van der Waals surface area (Å²) < 4.78 is 21.1. The fourth-order valence-electron chi connectivity index (χ4n) is 4.51. The van der Waals surface area contributed by atoms with Crippen LogP contribution in [0.3, 0.4) is 0 Å². The lowest BCUT2D eigenvalue weighted by atomic mass is 9.97. The highest BCUT2D eigenvalue weighted by Gasteiger charge is 2.32. The van der Waals surface area contributed by atoms with Crippen LogP contribution in [0.5, 0.6) is 5.75 Å². The second kappa shape index (κ2) is 10.1. The van der Waals surface area contributed by atoms with E-state index in [0.717, 1.165) is 5.56 Å². The molecule has 4 rings (SSSR count). The Morgan fingerprint density at radius 3 is 2.58 bits per heavy atom. The van der Waals surface area contributed by atoms with Crippen molar-refractivity contribution < 1.29 is 14.2 Å². The summed E-state index contributed by atoms with van der Waals surface area (Å²) in [5.41, 5.74) is 2.16. The van der Waals surface area contributed by atoms with Crippen LogP contribution in [0.15, 0.2) is 59.7 Å². The monoisotopic (exact) mass is 452 g/mol. The van der Waals surface area contributed by atoms with Crippen LogP contribution in [-0.4, -0.2) is 59.5 Å². The van der Waals surface area contributed by atoms with Gasteiger partial charge in [-0.3, -0.25) is 14.7 Å². The molecule has 0 aliphatic carbocycles. The van der Waals surface area contributed by atoms with Crippen LogP contribution in [0.25, 0.3) is 0 Å². The average molecular weight is 453 g/mol. The summed E-state index contributed by atoms with van der Waals surface area (Å²) in [6, 6.07) is 11.7. The number of nitrogens with zero attached hydrogens (tertiary/aromatic N) is 4. The van der Waals surface area contributed by atoms with Gasteiger partial charge in [-0.2, -0.15) is 0 Å². The van der Waals surface area contributed by atoms with Gasteiger partial charge in [-0.15, -0.1) is 0 Å². The summed E-state index contributed by atoms with van der Waals surface area (Å²) >= 11 is 0. The molecule has 7 nitrogen and oxygen atoms in total. The number of aromatic hydroxyl groups is 1. The number of aryl methyl sites for hydroxylation is 1. The SMILES string of the molecule is COCCn1c(C)cc(O)c([C@H](c2cccnc2)N2CCN(c3ccccc3F)CC2)c1=O. The molecule has 1 N–H and O–H groups in total. The summed E-state index contributed by atoms with van der Waals surface area (Å²) in [5.74, 6) is -0.275. The molecule has 1 aromatic carbocycles. The van der Waals surface area contributed by atoms with Crippen molar-refractivity contribution >= 4 is 5.69 Å². The molecule has 0 saturated carbocycles. The van der Waals surface area contributed by atoms with E-state index >= 15 is 0 Å². The number of methoxy groups -OCH3 is 1. The van der Waals surface area contributed by atoms with E-state index in [4.69, 9.17) is 4.74 Å². The molecular formula is C25H29FN4O3. The number of benzene rings is 1. The lowest BCUT2D eigenvalue weighted by Crippen LogP contribution is -2.49. The maximum atomic E-state index is 14.3. The Morgan fingerprint density at radius 2 is 1.91 bits per heavy atom. The average Bonchev–Trinajstić information content (AvgIpc) is 2.83. The number of para-hydroxylation sites is 1. The molecule has 174 valence electrons. The summed E-state index contributed by atoms with van der Waals surface area (Å²) in [7, 11) is 1.59. The first-order valence-corrected chi connectivity index (χ1v) is 11.1. The van der Waals surface area contributed by atoms with Gasteiger partial charge < -0.3 is 19.3 Å². The van der Waals surface area contributed by atoms with Crippen LogP contribution in [-0.2, 0) is 11.3 Å². The molecule has 1 saturated heterocycles. The van der Waals surface area contributed by atoms with Crippen molar-refractivity contribution in [3.05, 3.63) is 87.9 Å². The molecule has 1 fully saturated rings. The Hall–Kier alpha value is -3.23. The van der Waals surface area contributed by atoms with Gasteiger partial charge in [0.15, 0.2) is 0 Å². The van der Waals surface area contributed by atoms with Crippen molar-refractivity contribution in [1.29, 1.82) is 0 Å².